The van der Waals surface area contributed by atoms with Crippen molar-refractivity contribution in [3.8, 4) is 0 Å². The van der Waals surface area contributed by atoms with Crippen molar-refractivity contribution in [2.45, 2.75) is 32.9 Å². The third-order valence-electron chi connectivity index (χ3n) is 2.07. The zero-order valence-electron chi connectivity index (χ0n) is 9.27. The fraction of sp³-hybridized carbons (Fsp3) is 0.700. The van der Waals surface area contributed by atoms with E-state index in [0.29, 0.717) is 10.8 Å². The van der Waals surface area contributed by atoms with Gasteiger partial charge in [-0.1, -0.05) is 18.5 Å². The maximum atomic E-state index is 9.98. The third kappa shape index (κ3) is 3.13. The summed E-state index contributed by atoms with van der Waals surface area (Å²) in [7, 11) is 0. The van der Waals surface area contributed by atoms with Gasteiger partial charge in [-0.2, -0.15) is 16.9 Å². The van der Waals surface area contributed by atoms with E-state index in [-0.39, 0.29) is 6.04 Å². The summed E-state index contributed by atoms with van der Waals surface area (Å²) in [5, 5.41) is 14.7. The molecule has 3 nitrogen and oxygen atoms in total. The van der Waals surface area contributed by atoms with Crippen molar-refractivity contribution in [1.29, 1.82) is 0 Å². The highest BCUT2D eigenvalue weighted by atomic mass is 35.5. The van der Waals surface area contributed by atoms with Gasteiger partial charge in [0, 0.05) is 11.8 Å². The number of hydrogen-bond acceptors (Lipinski definition) is 3. The molecule has 15 heavy (non-hydrogen) atoms. The molecule has 0 saturated carbocycles. The fourth-order valence-electron chi connectivity index (χ4n) is 1.38. The van der Waals surface area contributed by atoms with E-state index < -0.39 is 6.10 Å². The monoisotopic (exact) mass is 248 g/mol. The van der Waals surface area contributed by atoms with Crippen molar-refractivity contribution in [1.82, 2.24) is 9.78 Å². The summed E-state index contributed by atoms with van der Waals surface area (Å²) in [6, 6.07) is 0.216. The molecule has 0 spiro atoms. The average Bonchev–Trinajstić information content (AvgIpc) is 2.56. The quantitative estimate of drug-likeness (QED) is 0.871. The van der Waals surface area contributed by atoms with Gasteiger partial charge in [0.25, 0.3) is 0 Å². The lowest BCUT2D eigenvalue weighted by Crippen LogP contribution is -2.13. The Morgan fingerprint density at radius 3 is 2.80 bits per heavy atom. The summed E-state index contributed by atoms with van der Waals surface area (Å²) >= 11 is 7.70. The summed E-state index contributed by atoms with van der Waals surface area (Å²) < 4.78 is 1.78. The van der Waals surface area contributed by atoms with E-state index in [4.69, 9.17) is 11.6 Å². The maximum Gasteiger partial charge on any atom is 0.106 e. The van der Waals surface area contributed by atoms with Gasteiger partial charge in [-0.3, -0.25) is 4.68 Å². The van der Waals surface area contributed by atoms with Gasteiger partial charge in [0.2, 0.25) is 0 Å². The van der Waals surface area contributed by atoms with Crippen LogP contribution in [0.25, 0.3) is 0 Å². The molecule has 86 valence electrons. The van der Waals surface area contributed by atoms with E-state index in [1.807, 2.05) is 13.8 Å². The number of nitrogens with zero attached hydrogens (tertiary/aromatic N) is 2. The normalized spacial score (nSPS) is 13.5. The van der Waals surface area contributed by atoms with Gasteiger partial charge in [-0.25, -0.2) is 0 Å². The van der Waals surface area contributed by atoms with Crippen LogP contribution in [0.15, 0.2) is 6.20 Å². The molecular formula is C10H17ClN2OS. The predicted molar refractivity (Wildman–Crippen MR) is 65.6 cm³/mol. The minimum absolute atomic E-state index is 0.216. The van der Waals surface area contributed by atoms with Crippen LogP contribution in [0.2, 0.25) is 5.02 Å². The second kappa shape index (κ2) is 5.77. The zero-order chi connectivity index (χ0) is 11.4. The number of aromatic nitrogens is 2. The maximum absolute atomic E-state index is 9.98. The van der Waals surface area contributed by atoms with Crippen molar-refractivity contribution in [2.75, 3.05) is 11.5 Å². The van der Waals surface area contributed by atoms with Crippen LogP contribution < -0.4 is 0 Å². The lowest BCUT2D eigenvalue weighted by atomic mass is 10.2. The molecule has 0 amide bonds. The first-order chi connectivity index (χ1) is 7.07. The van der Waals surface area contributed by atoms with Gasteiger partial charge in [0.15, 0.2) is 0 Å². The summed E-state index contributed by atoms with van der Waals surface area (Å²) in [6.07, 6.45) is 1.06. The van der Waals surface area contributed by atoms with Crippen LogP contribution in [0.4, 0.5) is 0 Å². The molecule has 0 aliphatic carbocycles. The molecule has 1 N–H and O–H groups in total. The molecule has 1 aromatic heterocycles. The van der Waals surface area contributed by atoms with E-state index >= 15 is 0 Å². The van der Waals surface area contributed by atoms with Gasteiger partial charge in [-0.15, -0.1) is 0 Å². The van der Waals surface area contributed by atoms with Crippen LogP contribution in [0, 0.1) is 0 Å². The third-order valence-corrected chi connectivity index (χ3v) is 3.32. The van der Waals surface area contributed by atoms with Gasteiger partial charge in [0.05, 0.1) is 16.9 Å². The molecule has 0 saturated heterocycles. The van der Waals surface area contributed by atoms with Crippen molar-refractivity contribution in [3.05, 3.63) is 16.9 Å². The van der Waals surface area contributed by atoms with E-state index in [1.165, 1.54) is 0 Å². The van der Waals surface area contributed by atoms with Crippen molar-refractivity contribution < 1.29 is 5.11 Å². The van der Waals surface area contributed by atoms with Crippen molar-refractivity contribution in [3.63, 3.8) is 0 Å². The van der Waals surface area contributed by atoms with E-state index in [2.05, 4.69) is 12.0 Å². The van der Waals surface area contributed by atoms with Crippen LogP contribution in [0.3, 0.4) is 0 Å². The number of rotatable bonds is 5. The molecule has 1 unspecified atom stereocenters. The van der Waals surface area contributed by atoms with Crippen LogP contribution in [-0.2, 0) is 0 Å². The second-order valence-corrected chi connectivity index (χ2v) is 5.32. The Hall–Kier alpha value is -0.190. The Labute approximate surface area is 99.8 Å². The van der Waals surface area contributed by atoms with Gasteiger partial charge < -0.3 is 5.11 Å². The van der Waals surface area contributed by atoms with Gasteiger partial charge in [-0.05, 0) is 19.6 Å². The minimum Gasteiger partial charge on any atom is -0.386 e. The molecular weight excluding hydrogens is 232 g/mol. The molecule has 0 radical (unpaired) electrons. The molecule has 1 rings (SSSR count). The fourth-order valence-corrected chi connectivity index (χ4v) is 2.26. The van der Waals surface area contributed by atoms with Crippen LogP contribution in [-0.4, -0.2) is 26.4 Å². The first kappa shape index (κ1) is 12.9. The molecule has 0 aromatic carbocycles. The largest absolute Gasteiger partial charge is 0.386 e. The Bertz CT molecular complexity index is 314. The van der Waals surface area contributed by atoms with Gasteiger partial charge in [0.1, 0.15) is 6.10 Å². The van der Waals surface area contributed by atoms with Crippen LogP contribution in [0.5, 0.6) is 0 Å². The molecule has 1 aromatic rings. The highest BCUT2D eigenvalue weighted by molar-refractivity contribution is 7.99. The standard InChI is InChI=1S/C10H17ClN2OS/c1-4-15-6-9(14)10-8(11)5-12-13(10)7(2)3/h5,7,9,14H,4,6H2,1-3H3. The molecule has 0 fully saturated rings. The highest BCUT2D eigenvalue weighted by Gasteiger charge is 2.19. The average molecular weight is 249 g/mol. The van der Waals surface area contributed by atoms with Crippen molar-refractivity contribution >= 4 is 23.4 Å². The molecule has 0 bridgehead atoms. The molecule has 0 aliphatic rings. The first-order valence-corrected chi connectivity index (χ1v) is 6.59. The van der Waals surface area contributed by atoms with E-state index in [0.717, 1.165) is 11.4 Å². The van der Waals surface area contributed by atoms with Gasteiger partial charge >= 0.3 is 0 Å². The summed E-state index contributed by atoms with van der Waals surface area (Å²) in [5.41, 5.74) is 0.729. The highest BCUT2D eigenvalue weighted by Crippen LogP contribution is 2.27. The van der Waals surface area contributed by atoms with Crippen LogP contribution in [0.1, 0.15) is 38.6 Å². The van der Waals surface area contributed by atoms with Crippen molar-refractivity contribution in [2.24, 2.45) is 0 Å². The Morgan fingerprint density at radius 1 is 1.60 bits per heavy atom. The molecule has 0 aliphatic heterocycles. The predicted octanol–water partition coefficient (Wildman–Crippen LogP) is 2.90. The summed E-state index contributed by atoms with van der Waals surface area (Å²) in [4.78, 5) is 0. The Morgan fingerprint density at radius 2 is 2.27 bits per heavy atom. The SMILES string of the molecule is CCSCC(O)c1c(Cl)cnn1C(C)C. The Kier molecular flexibility index (Phi) is 4.96. The molecule has 1 atom stereocenters. The number of aliphatic hydroxyl groups is 1. The molecule has 1 heterocycles. The summed E-state index contributed by atoms with van der Waals surface area (Å²) in [5.74, 6) is 1.65. The number of hydrogen-bond donors (Lipinski definition) is 1. The minimum atomic E-state index is -0.535. The smallest absolute Gasteiger partial charge is 0.106 e. The first-order valence-electron chi connectivity index (χ1n) is 5.06. The van der Waals surface area contributed by atoms with E-state index in [1.54, 1.807) is 22.6 Å². The topological polar surface area (TPSA) is 38.1 Å². The summed E-state index contributed by atoms with van der Waals surface area (Å²) in [6.45, 7) is 6.11. The second-order valence-electron chi connectivity index (χ2n) is 3.59. The number of halogens is 1. The Balaban J connectivity index is 2.85. The molecule has 5 heteroatoms. The number of thioether (sulfide) groups is 1. The van der Waals surface area contributed by atoms with E-state index in [9.17, 15) is 5.11 Å². The lowest BCUT2D eigenvalue weighted by molar-refractivity contribution is 0.189. The zero-order valence-corrected chi connectivity index (χ0v) is 10.8. The van der Waals surface area contributed by atoms with Crippen LogP contribution >= 0.6 is 23.4 Å². The lowest BCUT2D eigenvalue weighted by Gasteiger charge is -2.15. The number of aliphatic hydroxyl groups excluding tert-OH is 1.